The van der Waals surface area contributed by atoms with Crippen LogP contribution in [0.25, 0.3) is 0 Å². The van der Waals surface area contributed by atoms with E-state index >= 15 is 0 Å². The molecule has 2 atom stereocenters. The van der Waals surface area contributed by atoms with Crippen molar-refractivity contribution < 1.29 is 9.90 Å². The van der Waals surface area contributed by atoms with Crippen LogP contribution in [0.3, 0.4) is 0 Å². The van der Waals surface area contributed by atoms with Crippen molar-refractivity contribution in [2.24, 2.45) is 0 Å². The van der Waals surface area contributed by atoms with Crippen molar-refractivity contribution in [1.82, 2.24) is 10.6 Å². The van der Waals surface area contributed by atoms with Gasteiger partial charge in [0, 0.05) is 18.0 Å². The molecule has 0 aliphatic rings. The maximum atomic E-state index is 12.1. The van der Waals surface area contributed by atoms with Gasteiger partial charge in [0.2, 0.25) is 0 Å². The monoisotopic (exact) mass is 306 g/mol. The molecule has 0 aliphatic carbocycles. The van der Waals surface area contributed by atoms with E-state index < -0.39 is 6.10 Å². The zero-order valence-electron chi connectivity index (χ0n) is 14.2. The van der Waals surface area contributed by atoms with Crippen LogP contribution >= 0.6 is 0 Å². The quantitative estimate of drug-likeness (QED) is 0.689. The zero-order valence-corrected chi connectivity index (χ0v) is 14.2. The number of aliphatic hydroxyl groups is 1. The molecule has 2 amide bonds. The first-order valence-corrected chi connectivity index (χ1v) is 8.19. The van der Waals surface area contributed by atoms with E-state index in [9.17, 15) is 9.90 Å². The van der Waals surface area contributed by atoms with Crippen LogP contribution in [-0.4, -0.2) is 29.3 Å². The van der Waals surface area contributed by atoms with Gasteiger partial charge in [0.05, 0.1) is 6.10 Å². The standard InChI is InChI=1S/C18H30N2O2/c1-5-18(4,6-2)20-17(22)19-13-16(12-14(3)21)15-10-8-7-9-11-15/h7-11,14,16,21H,5-6,12-13H2,1-4H3,(H2,19,20,22). The number of hydrogen-bond acceptors (Lipinski definition) is 2. The van der Waals surface area contributed by atoms with Crippen LogP contribution in [0.5, 0.6) is 0 Å². The fourth-order valence-electron chi connectivity index (χ4n) is 2.44. The summed E-state index contributed by atoms with van der Waals surface area (Å²) < 4.78 is 0. The fourth-order valence-corrected chi connectivity index (χ4v) is 2.44. The average molecular weight is 306 g/mol. The average Bonchev–Trinajstić information content (AvgIpc) is 2.51. The van der Waals surface area contributed by atoms with Gasteiger partial charge in [-0.3, -0.25) is 0 Å². The molecule has 3 N–H and O–H groups in total. The Morgan fingerprint density at radius 1 is 1.23 bits per heavy atom. The van der Waals surface area contributed by atoms with Crippen molar-refractivity contribution in [3.63, 3.8) is 0 Å². The van der Waals surface area contributed by atoms with Crippen LogP contribution in [0.1, 0.15) is 58.4 Å². The molecule has 0 spiro atoms. The van der Waals surface area contributed by atoms with Gasteiger partial charge in [-0.1, -0.05) is 44.2 Å². The van der Waals surface area contributed by atoms with Gasteiger partial charge in [0.25, 0.3) is 0 Å². The minimum atomic E-state index is -0.397. The number of rotatable bonds is 8. The Labute approximate surface area is 134 Å². The Kier molecular flexibility index (Phi) is 7.39. The summed E-state index contributed by atoms with van der Waals surface area (Å²) in [6.45, 7) is 8.50. The van der Waals surface area contributed by atoms with E-state index in [0.29, 0.717) is 13.0 Å². The van der Waals surface area contributed by atoms with E-state index in [2.05, 4.69) is 31.4 Å². The van der Waals surface area contributed by atoms with Gasteiger partial charge in [-0.15, -0.1) is 0 Å². The van der Waals surface area contributed by atoms with Crippen molar-refractivity contribution >= 4 is 6.03 Å². The summed E-state index contributed by atoms with van der Waals surface area (Å²) in [6, 6.07) is 9.86. The van der Waals surface area contributed by atoms with E-state index in [1.165, 1.54) is 0 Å². The number of urea groups is 1. The summed E-state index contributed by atoms with van der Waals surface area (Å²) in [7, 11) is 0. The van der Waals surface area contributed by atoms with Crippen LogP contribution in [-0.2, 0) is 0 Å². The lowest BCUT2D eigenvalue weighted by molar-refractivity contribution is 0.172. The summed E-state index contributed by atoms with van der Waals surface area (Å²) in [6.07, 6.45) is 2.02. The molecule has 2 unspecified atom stereocenters. The van der Waals surface area contributed by atoms with Crippen molar-refractivity contribution in [2.45, 2.75) is 64.5 Å². The van der Waals surface area contributed by atoms with Gasteiger partial charge in [-0.2, -0.15) is 0 Å². The molecule has 0 saturated heterocycles. The predicted octanol–water partition coefficient (Wildman–Crippen LogP) is 3.42. The van der Waals surface area contributed by atoms with Gasteiger partial charge in [0.1, 0.15) is 0 Å². The molecule has 4 nitrogen and oxygen atoms in total. The lowest BCUT2D eigenvalue weighted by atomic mass is 9.93. The van der Waals surface area contributed by atoms with Crippen LogP contribution in [0.2, 0.25) is 0 Å². The van der Waals surface area contributed by atoms with Gasteiger partial charge < -0.3 is 15.7 Å². The maximum Gasteiger partial charge on any atom is 0.315 e. The first-order valence-electron chi connectivity index (χ1n) is 8.19. The first kappa shape index (κ1) is 18.5. The number of benzene rings is 1. The predicted molar refractivity (Wildman–Crippen MR) is 91.0 cm³/mol. The Bertz CT molecular complexity index is 442. The third-order valence-corrected chi connectivity index (χ3v) is 4.38. The lowest BCUT2D eigenvalue weighted by Gasteiger charge is -2.29. The van der Waals surface area contributed by atoms with Gasteiger partial charge in [0.15, 0.2) is 0 Å². The first-order chi connectivity index (χ1) is 10.4. The second kappa shape index (κ2) is 8.79. The number of amides is 2. The number of aliphatic hydroxyl groups excluding tert-OH is 1. The molecule has 1 aromatic carbocycles. The summed E-state index contributed by atoms with van der Waals surface area (Å²) in [4.78, 5) is 12.1. The molecule has 124 valence electrons. The highest BCUT2D eigenvalue weighted by molar-refractivity contribution is 5.74. The minimum absolute atomic E-state index is 0.112. The number of hydrogen-bond donors (Lipinski definition) is 3. The van der Waals surface area contributed by atoms with Gasteiger partial charge in [-0.05, 0) is 38.7 Å². The van der Waals surface area contributed by atoms with E-state index in [4.69, 9.17) is 0 Å². The molecule has 1 rings (SSSR count). The molecule has 0 fully saturated rings. The largest absolute Gasteiger partial charge is 0.393 e. The molecule has 0 aliphatic heterocycles. The molecule has 0 heterocycles. The second-order valence-corrected chi connectivity index (χ2v) is 6.30. The normalized spacial score (nSPS) is 14.2. The number of carbonyl (C=O) groups is 1. The summed E-state index contributed by atoms with van der Waals surface area (Å²) in [5.74, 6) is 0.112. The third kappa shape index (κ3) is 6.06. The van der Waals surface area contributed by atoms with Gasteiger partial charge in [-0.25, -0.2) is 4.79 Å². The zero-order chi connectivity index (χ0) is 16.6. The summed E-state index contributed by atoms with van der Waals surface area (Å²) in [5, 5.41) is 15.7. The second-order valence-electron chi connectivity index (χ2n) is 6.30. The Hall–Kier alpha value is -1.55. The van der Waals surface area contributed by atoms with Gasteiger partial charge >= 0.3 is 6.03 Å². The van der Waals surface area contributed by atoms with E-state index in [-0.39, 0.29) is 17.5 Å². The smallest absolute Gasteiger partial charge is 0.315 e. The molecular formula is C18H30N2O2. The molecule has 0 saturated carbocycles. The highest BCUT2D eigenvalue weighted by Crippen LogP contribution is 2.20. The Balaban J connectivity index is 2.62. The molecular weight excluding hydrogens is 276 g/mol. The molecule has 4 heteroatoms. The van der Waals surface area contributed by atoms with Crippen molar-refractivity contribution in [2.75, 3.05) is 6.54 Å². The molecule has 0 radical (unpaired) electrons. The van der Waals surface area contributed by atoms with Crippen LogP contribution in [0.15, 0.2) is 30.3 Å². The van der Waals surface area contributed by atoms with E-state index in [0.717, 1.165) is 18.4 Å². The maximum absolute atomic E-state index is 12.1. The van der Waals surface area contributed by atoms with Crippen LogP contribution in [0, 0.1) is 0 Å². The highest BCUT2D eigenvalue weighted by Gasteiger charge is 2.22. The van der Waals surface area contributed by atoms with Crippen LogP contribution in [0.4, 0.5) is 4.79 Å². The van der Waals surface area contributed by atoms with E-state index in [1.54, 1.807) is 6.92 Å². The molecule has 22 heavy (non-hydrogen) atoms. The van der Waals surface area contributed by atoms with Crippen molar-refractivity contribution in [3.05, 3.63) is 35.9 Å². The van der Waals surface area contributed by atoms with Crippen molar-refractivity contribution in [1.29, 1.82) is 0 Å². The summed E-state index contributed by atoms with van der Waals surface area (Å²) in [5.41, 5.74) is 0.966. The topological polar surface area (TPSA) is 61.4 Å². The number of carbonyl (C=O) groups excluding carboxylic acids is 1. The lowest BCUT2D eigenvalue weighted by Crippen LogP contribution is -2.50. The summed E-state index contributed by atoms with van der Waals surface area (Å²) >= 11 is 0. The highest BCUT2D eigenvalue weighted by atomic mass is 16.3. The molecule has 1 aromatic rings. The SMILES string of the molecule is CCC(C)(CC)NC(=O)NCC(CC(C)O)c1ccccc1. The molecule has 0 aromatic heterocycles. The van der Waals surface area contributed by atoms with Crippen LogP contribution < -0.4 is 10.6 Å². The van der Waals surface area contributed by atoms with E-state index in [1.807, 2.05) is 30.3 Å². The molecule has 0 bridgehead atoms. The number of nitrogens with one attached hydrogen (secondary N) is 2. The Morgan fingerprint density at radius 2 is 1.82 bits per heavy atom. The fraction of sp³-hybridized carbons (Fsp3) is 0.611. The minimum Gasteiger partial charge on any atom is -0.393 e. The van der Waals surface area contributed by atoms with Crippen molar-refractivity contribution in [3.8, 4) is 0 Å². The third-order valence-electron chi connectivity index (χ3n) is 4.38. The Morgan fingerprint density at radius 3 is 2.32 bits per heavy atom.